The van der Waals surface area contributed by atoms with Crippen molar-refractivity contribution in [3.63, 3.8) is 0 Å². The summed E-state index contributed by atoms with van der Waals surface area (Å²) in [5.41, 5.74) is 6.79. The Hall–Kier alpha value is -1.13. The van der Waals surface area contributed by atoms with Gasteiger partial charge < -0.3 is 15.5 Å². The summed E-state index contributed by atoms with van der Waals surface area (Å²) in [6.45, 7) is 8.48. The predicted octanol–water partition coefficient (Wildman–Crippen LogP) is 1.25. The Labute approximate surface area is 110 Å². The van der Waals surface area contributed by atoms with Gasteiger partial charge in [-0.1, -0.05) is 6.07 Å². The fourth-order valence-electron chi connectivity index (χ4n) is 2.39. The molecule has 1 aliphatic rings. The van der Waals surface area contributed by atoms with Gasteiger partial charge in [0.2, 0.25) is 0 Å². The molecular weight excluding hydrogens is 224 g/mol. The third-order valence-electron chi connectivity index (χ3n) is 3.49. The number of aryl methyl sites for hydroxylation is 1. The highest BCUT2D eigenvalue weighted by atomic mass is 15.2. The third-order valence-corrected chi connectivity index (χ3v) is 3.49. The summed E-state index contributed by atoms with van der Waals surface area (Å²) in [7, 11) is 0. The molecule has 0 aliphatic carbocycles. The molecule has 1 aromatic heterocycles. The summed E-state index contributed by atoms with van der Waals surface area (Å²) in [4.78, 5) is 9.42. The summed E-state index contributed by atoms with van der Waals surface area (Å²) < 4.78 is 0. The Morgan fingerprint density at radius 1 is 1.22 bits per heavy atom. The largest absolute Gasteiger partial charge is 0.355 e. The number of anilines is 1. The molecule has 1 fully saturated rings. The lowest BCUT2D eigenvalue weighted by atomic mass is 10.3. The van der Waals surface area contributed by atoms with Crippen LogP contribution in [0, 0.1) is 6.92 Å². The van der Waals surface area contributed by atoms with Crippen LogP contribution in [0.4, 0.5) is 5.82 Å². The number of aromatic nitrogens is 1. The number of rotatable bonds is 4. The second kappa shape index (κ2) is 6.71. The Morgan fingerprint density at radius 3 is 2.83 bits per heavy atom. The van der Waals surface area contributed by atoms with E-state index in [1.807, 2.05) is 6.20 Å². The first-order valence-electron chi connectivity index (χ1n) is 6.89. The Morgan fingerprint density at radius 2 is 2.11 bits per heavy atom. The average molecular weight is 248 g/mol. The van der Waals surface area contributed by atoms with Gasteiger partial charge in [0.1, 0.15) is 5.82 Å². The molecule has 0 aromatic carbocycles. The molecule has 100 valence electrons. The first kappa shape index (κ1) is 13.3. The maximum atomic E-state index is 5.57. The van der Waals surface area contributed by atoms with Gasteiger partial charge in [-0.3, -0.25) is 0 Å². The third kappa shape index (κ3) is 3.68. The van der Waals surface area contributed by atoms with Crippen molar-refractivity contribution in [2.45, 2.75) is 19.8 Å². The topological polar surface area (TPSA) is 45.4 Å². The Bertz CT molecular complexity index is 349. The Balaban J connectivity index is 1.90. The molecule has 0 atom stereocenters. The second-order valence-electron chi connectivity index (χ2n) is 5.02. The van der Waals surface area contributed by atoms with E-state index >= 15 is 0 Å². The van der Waals surface area contributed by atoms with Gasteiger partial charge in [0.15, 0.2) is 0 Å². The van der Waals surface area contributed by atoms with Gasteiger partial charge in [0.05, 0.1) is 0 Å². The number of nitrogens with zero attached hydrogens (tertiary/aromatic N) is 3. The molecule has 0 amide bonds. The molecular formula is C14H24N4. The van der Waals surface area contributed by atoms with E-state index in [4.69, 9.17) is 5.73 Å². The van der Waals surface area contributed by atoms with Gasteiger partial charge in [-0.15, -0.1) is 0 Å². The SMILES string of the molecule is Cc1ccc(N2CCCN(CCCN)CC2)nc1. The maximum absolute atomic E-state index is 5.57. The van der Waals surface area contributed by atoms with Crippen molar-refractivity contribution >= 4 is 5.82 Å². The molecule has 0 saturated carbocycles. The maximum Gasteiger partial charge on any atom is 0.128 e. The number of hydrogen-bond donors (Lipinski definition) is 1. The average Bonchev–Trinajstić information content (AvgIpc) is 2.63. The highest BCUT2D eigenvalue weighted by Gasteiger charge is 2.15. The quantitative estimate of drug-likeness (QED) is 0.871. The first-order valence-corrected chi connectivity index (χ1v) is 6.89. The fourth-order valence-corrected chi connectivity index (χ4v) is 2.39. The summed E-state index contributed by atoms with van der Waals surface area (Å²) >= 11 is 0. The van der Waals surface area contributed by atoms with Crippen LogP contribution in [-0.2, 0) is 0 Å². The molecule has 0 radical (unpaired) electrons. The smallest absolute Gasteiger partial charge is 0.128 e. The zero-order chi connectivity index (χ0) is 12.8. The normalized spacial score (nSPS) is 17.8. The zero-order valence-electron chi connectivity index (χ0n) is 11.3. The molecule has 0 bridgehead atoms. The summed E-state index contributed by atoms with van der Waals surface area (Å²) in [6, 6.07) is 4.27. The van der Waals surface area contributed by atoms with Crippen LogP contribution < -0.4 is 10.6 Å². The van der Waals surface area contributed by atoms with Crippen LogP contribution in [0.25, 0.3) is 0 Å². The molecule has 1 aromatic rings. The van der Waals surface area contributed by atoms with Crippen LogP contribution in [-0.4, -0.2) is 49.2 Å². The molecule has 4 nitrogen and oxygen atoms in total. The molecule has 0 unspecified atom stereocenters. The van der Waals surface area contributed by atoms with Crippen LogP contribution in [0.5, 0.6) is 0 Å². The summed E-state index contributed by atoms with van der Waals surface area (Å²) in [5.74, 6) is 1.11. The van der Waals surface area contributed by atoms with E-state index in [-0.39, 0.29) is 0 Å². The zero-order valence-corrected chi connectivity index (χ0v) is 11.3. The first-order chi connectivity index (χ1) is 8.79. The minimum Gasteiger partial charge on any atom is -0.355 e. The van der Waals surface area contributed by atoms with Gasteiger partial charge in [0.25, 0.3) is 0 Å². The standard InChI is InChI=1S/C14H24N4/c1-13-4-5-14(16-12-13)18-9-3-8-17(10-11-18)7-2-6-15/h4-5,12H,2-3,6-11,15H2,1H3. The molecule has 2 heterocycles. The second-order valence-corrected chi connectivity index (χ2v) is 5.02. The monoisotopic (exact) mass is 248 g/mol. The van der Waals surface area contributed by atoms with E-state index in [9.17, 15) is 0 Å². The van der Waals surface area contributed by atoms with Crippen molar-refractivity contribution in [2.24, 2.45) is 5.73 Å². The Kier molecular flexibility index (Phi) is 4.96. The van der Waals surface area contributed by atoms with Crippen LogP contribution >= 0.6 is 0 Å². The van der Waals surface area contributed by atoms with E-state index in [1.54, 1.807) is 0 Å². The highest BCUT2D eigenvalue weighted by Crippen LogP contribution is 2.14. The molecule has 2 N–H and O–H groups in total. The van der Waals surface area contributed by atoms with Gasteiger partial charge >= 0.3 is 0 Å². The van der Waals surface area contributed by atoms with Gasteiger partial charge in [0, 0.05) is 25.8 Å². The molecule has 1 aliphatic heterocycles. The predicted molar refractivity (Wildman–Crippen MR) is 75.9 cm³/mol. The lowest BCUT2D eigenvalue weighted by Crippen LogP contribution is -2.32. The van der Waals surface area contributed by atoms with Gasteiger partial charge in [-0.05, 0) is 51.0 Å². The summed E-state index contributed by atoms with van der Waals surface area (Å²) in [6.07, 6.45) is 4.26. The summed E-state index contributed by atoms with van der Waals surface area (Å²) in [5, 5.41) is 0. The lowest BCUT2D eigenvalue weighted by molar-refractivity contribution is 0.291. The van der Waals surface area contributed by atoms with Crippen molar-refractivity contribution in [2.75, 3.05) is 44.2 Å². The molecule has 4 heteroatoms. The van der Waals surface area contributed by atoms with Crippen molar-refractivity contribution in [3.05, 3.63) is 23.9 Å². The van der Waals surface area contributed by atoms with E-state index in [0.29, 0.717) is 0 Å². The van der Waals surface area contributed by atoms with Crippen LogP contribution in [0.2, 0.25) is 0 Å². The number of hydrogen-bond acceptors (Lipinski definition) is 4. The molecule has 18 heavy (non-hydrogen) atoms. The van der Waals surface area contributed by atoms with Crippen molar-refractivity contribution < 1.29 is 0 Å². The van der Waals surface area contributed by atoms with Crippen LogP contribution in [0.3, 0.4) is 0 Å². The van der Waals surface area contributed by atoms with Gasteiger partial charge in [-0.2, -0.15) is 0 Å². The molecule has 1 saturated heterocycles. The van der Waals surface area contributed by atoms with E-state index in [2.05, 4.69) is 33.8 Å². The van der Waals surface area contributed by atoms with Crippen molar-refractivity contribution in [1.82, 2.24) is 9.88 Å². The minimum absolute atomic E-state index is 0.791. The van der Waals surface area contributed by atoms with E-state index in [1.165, 1.54) is 18.5 Å². The van der Waals surface area contributed by atoms with Crippen molar-refractivity contribution in [3.8, 4) is 0 Å². The lowest BCUT2D eigenvalue weighted by Gasteiger charge is -2.22. The highest BCUT2D eigenvalue weighted by molar-refractivity contribution is 5.39. The van der Waals surface area contributed by atoms with Gasteiger partial charge in [-0.25, -0.2) is 4.98 Å². The fraction of sp³-hybridized carbons (Fsp3) is 0.643. The minimum atomic E-state index is 0.791. The number of pyridine rings is 1. The molecule has 2 rings (SSSR count). The van der Waals surface area contributed by atoms with E-state index in [0.717, 1.165) is 45.0 Å². The van der Waals surface area contributed by atoms with Crippen LogP contribution in [0.15, 0.2) is 18.3 Å². The van der Waals surface area contributed by atoms with E-state index < -0.39 is 0 Å². The molecule has 0 spiro atoms. The number of nitrogens with two attached hydrogens (primary N) is 1. The van der Waals surface area contributed by atoms with Crippen molar-refractivity contribution in [1.29, 1.82) is 0 Å². The van der Waals surface area contributed by atoms with Crippen LogP contribution in [0.1, 0.15) is 18.4 Å².